The molecule has 3 heteroatoms. The van der Waals surface area contributed by atoms with Gasteiger partial charge in [-0.25, -0.2) is 0 Å². The maximum Gasteiger partial charge on any atom is 0.310 e. The minimum atomic E-state index is 0.00623. The Labute approximate surface area is 68.6 Å². The van der Waals surface area contributed by atoms with Crippen LogP contribution in [0.15, 0.2) is 0 Å². The van der Waals surface area contributed by atoms with Gasteiger partial charge in [-0.15, -0.1) is 0 Å². The maximum atomic E-state index is 9.86. The molecule has 0 heterocycles. The van der Waals surface area contributed by atoms with Gasteiger partial charge in [-0.1, -0.05) is 20.8 Å². The molecular formula is C8H17N2O. The quantitative estimate of drug-likeness (QED) is 0.464. The smallest absolute Gasteiger partial charge is 0.310 e. The van der Waals surface area contributed by atoms with E-state index in [0.717, 1.165) is 6.54 Å². The van der Waals surface area contributed by atoms with E-state index in [0.29, 0.717) is 0 Å². The number of rotatable bonds is 4. The van der Waals surface area contributed by atoms with Crippen molar-refractivity contribution in [2.24, 2.45) is 5.41 Å². The minimum absolute atomic E-state index is 0.00623. The Bertz CT molecular complexity index is 118. The second-order valence-corrected chi connectivity index (χ2v) is 3.91. The van der Waals surface area contributed by atoms with Crippen molar-refractivity contribution in [1.82, 2.24) is 10.6 Å². The van der Waals surface area contributed by atoms with Crippen molar-refractivity contribution in [2.75, 3.05) is 6.54 Å². The van der Waals surface area contributed by atoms with Crippen molar-refractivity contribution in [3.63, 3.8) is 0 Å². The highest BCUT2D eigenvalue weighted by molar-refractivity contribution is 5.47. The van der Waals surface area contributed by atoms with Crippen LogP contribution in [0.2, 0.25) is 0 Å². The first-order valence-corrected chi connectivity index (χ1v) is 3.82. The topological polar surface area (TPSA) is 41.1 Å². The van der Waals surface area contributed by atoms with Crippen LogP contribution in [0, 0.1) is 5.41 Å². The van der Waals surface area contributed by atoms with Gasteiger partial charge in [0, 0.05) is 6.54 Å². The van der Waals surface area contributed by atoms with Crippen LogP contribution < -0.4 is 10.6 Å². The summed E-state index contributed by atoms with van der Waals surface area (Å²) in [5.74, 6) is 0. The predicted molar refractivity (Wildman–Crippen MR) is 45.7 cm³/mol. The van der Waals surface area contributed by atoms with Crippen molar-refractivity contribution in [3.05, 3.63) is 0 Å². The first kappa shape index (κ1) is 10.4. The molecule has 0 aliphatic heterocycles. The number of carbonyl (C=O) groups excluding carboxylic acids is 1. The van der Waals surface area contributed by atoms with Crippen molar-refractivity contribution in [2.45, 2.75) is 33.9 Å². The third kappa shape index (κ3) is 7.33. The molecule has 0 saturated heterocycles. The molecule has 0 aliphatic carbocycles. The normalized spacial score (nSPS) is 14.2. The summed E-state index contributed by atoms with van der Waals surface area (Å²) in [4.78, 5) is 9.86. The minimum Gasteiger partial charge on any atom is -0.333 e. The Hall–Kier alpha value is -0.570. The van der Waals surface area contributed by atoms with Gasteiger partial charge < -0.3 is 5.32 Å². The molecule has 0 aliphatic rings. The number of hydrogen-bond acceptors (Lipinski definition) is 2. The Kier molecular flexibility index (Phi) is 4.11. The average molecular weight is 157 g/mol. The highest BCUT2D eigenvalue weighted by Gasteiger charge is 2.10. The first-order valence-electron chi connectivity index (χ1n) is 3.82. The molecule has 0 bridgehead atoms. The van der Waals surface area contributed by atoms with Gasteiger partial charge in [-0.2, -0.15) is 0 Å². The lowest BCUT2D eigenvalue weighted by atomic mass is 9.97. The van der Waals surface area contributed by atoms with Crippen LogP contribution in [0.4, 0.5) is 0 Å². The molecule has 1 atom stereocenters. The Morgan fingerprint density at radius 3 is 2.36 bits per heavy atom. The second kappa shape index (κ2) is 4.34. The fraction of sp³-hybridized carbons (Fsp3) is 0.875. The predicted octanol–water partition coefficient (Wildman–Crippen LogP) is 0.625. The van der Waals surface area contributed by atoms with Crippen molar-refractivity contribution in [1.29, 1.82) is 0 Å². The molecule has 11 heavy (non-hydrogen) atoms. The maximum absolute atomic E-state index is 9.86. The molecular weight excluding hydrogens is 140 g/mol. The number of amides is 1. The standard InChI is InChI=1S/C8H17N2O/c1-7(10-6-11)9-5-8(2,3)4/h7,9H,5H2,1-4H3,(H,10,11). The monoisotopic (exact) mass is 157 g/mol. The highest BCUT2D eigenvalue weighted by Crippen LogP contribution is 2.10. The van der Waals surface area contributed by atoms with E-state index in [-0.39, 0.29) is 11.6 Å². The van der Waals surface area contributed by atoms with Crippen LogP contribution in [-0.4, -0.2) is 19.1 Å². The Balaban J connectivity index is 3.45. The zero-order valence-corrected chi connectivity index (χ0v) is 7.69. The summed E-state index contributed by atoms with van der Waals surface area (Å²) in [7, 11) is 0. The fourth-order valence-electron chi connectivity index (χ4n) is 0.599. The molecule has 1 radical (unpaired) electrons. The van der Waals surface area contributed by atoms with Crippen molar-refractivity contribution < 1.29 is 4.79 Å². The summed E-state index contributed by atoms with van der Waals surface area (Å²) in [5, 5.41) is 5.65. The largest absolute Gasteiger partial charge is 0.333 e. The van der Waals surface area contributed by atoms with Gasteiger partial charge in [0.2, 0.25) is 0 Å². The van der Waals surface area contributed by atoms with Crippen LogP contribution in [0.1, 0.15) is 27.7 Å². The molecule has 0 saturated carbocycles. The molecule has 0 aromatic carbocycles. The number of nitrogens with one attached hydrogen (secondary N) is 2. The van der Waals surface area contributed by atoms with E-state index in [1.54, 1.807) is 6.41 Å². The van der Waals surface area contributed by atoms with Crippen molar-refractivity contribution >= 4 is 6.41 Å². The zero-order valence-electron chi connectivity index (χ0n) is 7.69. The Morgan fingerprint density at radius 1 is 1.45 bits per heavy atom. The van der Waals surface area contributed by atoms with Crippen LogP contribution in [0.3, 0.4) is 0 Å². The molecule has 3 nitrogen and oxygen atoms in total. The van der Waals surface area contributed by atoms with Gasteiger partial charge in [0.1, 0.15) is 0 Å². The van der Waals surface area contributed by atoms with Crippen LogP contribution >= 0.6 is 0 Å². The van der Waals surface area contributed by atoms with Crippen molar-refractivity contribution in [3.8, 4) is 0 Å². The molecule has 1 amide bonds. The first-order chi connectivity index (χ1) is 4.95. The van der Waals surface area contributed by atoms with E-state index < -0.39 is 0 Å². The summed E-state index contributed by atoms with van der Waals surface area (Å²) in [6, 6.07) is 0. The van der Waals surface area contributed by atoms with E-state index in [9.17, 15) is 4.79 Å². The third-order valence-electron chi connectivity index (χ3n) is 1.21. The van der Waals surface area contributed by atoms with E-state index in [1.807, 2.05) is 6.92 Å². The summed E-state index contributed by atoms with van der Waals surface area (Å²) >= 11 is 0. The lowest BCUT2D eigenvalue weighted by molar-refractivity contribution is 0.348. The van der Waals surface area contributed by atoms with Gasteiger partial charge >= 0.3 is 6.41 Å². The van der Waals surface area contributed by atoms with Gasteiger partial charge in [-0.05, 0) is 12.3 Å². The van der Waals surface area contributed by atoms with E-state index >= 15 is 0 Å². The average Bonchev–Trinajstić information content (AvgIpc) is 1.83. The lowest BCUT2D eigenvalue weighted by Crippen LogP contribution is -2.42. The molecule has 0 aromatic rings. The Morgan fingerprint density at radius 2 is 2.00 bits per heavy atom. The van der Waals surface area contributed by atoms with E-state index in [2.05, 4.69) is 31.4 Å². The van der Waals surface area contributed by atoms with Crippen LogP contribution in [-0.2, 0) is 4.79 Å². The van der Waals surface area contributed by atoms with E-state index in [4.69, 9.17) is 0 Å². The molecule has 1 unspecified atom stereocenters. The molecule has 0 rings (SSSR count). The molecule has 2 N–H and O–H groups in total. The zero-order chi connectivity index (χ0) is 8.91. The molecule has 0 spiro atoms. The second-order valence-electron chi connectivity index (χ2n) is 3.91. The molecule has 0 fully saturated rings. The lowest BCUT2D eigenvalue weighted by Gasteiger charge is -2.21. The SMILES string of the molecule is CC(N[C]=O)NCC(C)(C)C. The molecule has 65 valence electrons. The van der Waals surface area contributed by atoms with Crippen LogP contribution in [0.5, 0.6) is 0 Å². The van der Waals surface area contributed by atoms with E-state index in [1.165, 1.54) is 0 Å². The summed E-state index contributed by atoms with van der Waals surface area (Å²) in [5.41, 5.74) is 0.249. The fourth-order valence-corrected chi connectivity index (χ4v) is 0.599. The third-order valence-corrected chi connectivity index (χ3v) is 1.21. The van der Waals surface area contributed by atoms with Gasteiger partial charge in [-0.3, -0.25) is 10.1 Å². The van der Waals surface area contributed by atoms with Crippen LogP contribution in [0.25, 0.3) is 0 Å². The van der Waals surface area contributed by atoms with Gasteiger partial charge in [0.25, 0.3) is 0 Å². The summed E-state index contributed by atoms with van der Waals surface area (Å²) in [6.07, 6.45) is 1.65. The number of hydrogen-bond donors (Lipinski definition) is 2. The summed E-state index contributed by atoms with van der Waals surface area (Å²) < 4.78 is 0. The molecule has 0 aromatic heterocycles. The van der Waals surface area contributed by atoms with Gasteiger partial charge in [0.05, 0.1) is 6.17 Å². The van der Waals surface area contributed by atoms with Gasteiger partial charge in [0.15, 0.2) is 0 Å². The summed E-state index contributed by atoms with van der Waals surface area (Å²) in [6.45, 7) is 9.17. The highest BCUT2D eigenvalue weighted by atomic mass is 16.1.